The molecule has 2 heterocycles. The maximum atomic E-state index is 12.8. The smallest absolute Gasteiger partial charge is 0.349 e. The number of fused-ring (bicyclic) bond motifs is 2. The van der Waals surface area contributed by atoms with Gasteiger partial charge in [0.25, 0.3) is 5.91 Å². The van der Waals surface area contributed by atoms with Crippen LogP contribution in [0.5, 0.6) is 0 Å². The molecule has 0 bridgehead atoms. The quantitative estimate of drug-likeness (QED) is 0.758. The van der Waals surface area contributed by atoms with Gasteiger partial charge in [-0.1, -0.05) is 37.5 Å². The average Bonchev–Trinajstić information content (AvgIpc) is 2.60. The second kappa shape index (κ2) is 5.84. The van der Waals surface area contributed by atoms with Crippen molar-refractivity contribution in [2.45, 2.75) is 32.1 Å². The van der Waals surface area contributed by atoms with E-state index in [0.717, 1.165) is 30.8 Å². The first-order valence-corrected chi connectivity index (χ1v) is 8.54. The molecule has 0 unspecified atom stereocenters. The lowest BCUT2D eigenvalue weighted by atomic mass is 9.75. The summed E-state index contributed by atoms with van der Waals surface area (Å²) in [6, 6.07) is 8.99. The summed E-state index contributed by atoms with van der Waals surface area (Å²) >= 11 is 0. The molecular weight excluding hydrogens is 290 g/mol. The van der Waals surface area contributed by atoms with Gasteiger partial charge in [-0.2, -0.15) is 0 Å². The maximum Gasteiger partial charge on any atom is 0.349 e. The number of hydrogen-bond acceptors (Lipinski definition) is 3. The molecule has 1 aliphatic heterocycles. The van der Waals surface area contributed by atoms with E-state index in [1.54, 1.807) is 12.1 Å². The molecule has 1 amide bonds. The van der Waals surface area contributed by atoms with E-state index >= 15 is 0 Å². The fraction of sp³-hybridized carbons (Fsp3) is 0.474. The zero-order valence-corrected chi connectivity index (χ0v) is 13.2. The first-order valence-electron chi connectivity index (χ1n) is 8.54. The van der Waals surface area contributed by atoms with Crippen LogP contribution in [0.4, 0.5) is 0 Å². The highest BCUT2D eigenvalue weighted by molar-refractivity contribution is 5.96. The molecule has 2 atom stereocenters. The van der Waals surface area contributed by atoms with Crippen LogP contribution >= 0.6 is 0 Å². The van der Waals surface area contributed by atoms with E-state index in [1.165, 1.54) is 25.7 Å². The molecule has 2 fully saturated rings. The molecule has 2 aliphatic rings. The Balaban J connectivity index is 1.61. The Labute approximate surface area is 135 Å². The standard InChI is InChI=1S/C19H21NO3/c21-18(20-10-9-13-5-1-2-7-15(13)12-20)16-11-14-6-3-4-8-17(14)23-19(16)22/h3-4,6,8,11,13,15H,1-2,5,7,9-10,12H2/t13-,15+/m0/s1. The van der Waals surface area contributed by atoms with Gasteiger partial charge < -0.3 is 9.32 Å². The minimum Gasteiger partial charge on any atom is -0.422 e. The number of carbonyl (C=O) groups excluding carboxylic acids is 1. The molecule has 1 aromatic carbocycles. The fourth-order valence-corrected chi connectivity index (χ4v) is 4.17. The van der Waals surface area contributed by atoms with Crippen molar-refractivity contribution in [2.75, 3.05) is 13.1 Å². The number of likely N-dealkylation sites (tertiary alicyclic amines) is 1. The van der Waals surface area contributed by atoms with Crippen molar-refractivity contribution < 1.29 is 9.21 Å². The van der Waals surface area contributed by atoms with Gasteiger partial charge in [-0.3, -0.25) is 4.79 Å². The molecule has 0 spiro atoms. The van der Waals surface area contributed by atoms with Crippen LogP contribution < -0.4 is 5.63 Å². The van der Waals surface area contributed by atoms with E-state index < -0.39 is 5.63 Å². The summed E-state index contributed by atoms with van der Waals surface area (Å²) < 4.78 is 5.31. The van der Waals surface area contributed by atoms with Crippen molar-refractivity contribution in [1.82, 2.24) is 4.90 Å². The highest BCUT2D eigenvalue weighted by Gasteiger charge is 2.34. The summed E-state index contributed by atoms with van der Waals surface area (Å²) in [4.78, 5) is 26.8. The molecule has 120 valence electrons. The van der Waals surface area contributed by atoms with Gasteiger partial charge in [0.05, 0.1) is 0 Å². The van der Waals surface area contributed by atoms with Gasteiger partial charge in [-0.05, 0) is 36.8 Å². The van der Waals surface area contributed by atoms with Crippen molar-refractivity contribution >= 4 is 16.9 Å². The first kappa shape index (κ1) is 14.5. The van der Waals surface area contributed by atoms with Crippen LogP contribution in [0.3, 0.4) is 0 Å². The largest absolute Gasteiger partial charge is 0.422 e. The molecule has 1 aromatic heterocycles. The Kier molecular flexibility index (Phi) is 3.68. The van der Waals surface area contributed by atoms with Crippen molar-refractivity contribution in [2.24, 2.45) is 11.8 Å². The summed E-state index contributed by atoms with van der Waals surface area (Å²) in [5.74, 6) is 1.20. The molecule has 0 N–H and O–H groups in total. The molecule has 23 heavy (non-hydrogen) atoms. The topological polar surface area (TPSA) is 50.5 Å². The molecular formula is C19H21NO3. The number of piperidine rings is 1. The van der Waals surface area contributed by atoms with Crippen molar-refractivity contribution in [3.8, 4) is 0 Å². The average molecular weight is 311 g/mol. The maximum absolute atomic E-state index is 12.8. The van der Waals surface area contributed by atoms with Crippen LogP contribution in [0.2, 0.25) is 0 Å². The number of carbonyl (C=O) groups is 1. The van der Waals surface area contributed by atoms with Gasteiger partial charge in [0.15, 0.2) is 0 Å². The minimum atomic E-state index is -0.528. The third kappa shape index (κ3) is 2.67. The number of rotatable bonds is 1. The van der Waals surface area contributed by atoms with E-state index in [9.17, 15) is 9.59 Å². The van der Waals surface area contributed by atoms with E-state index in [1.807, 2.05) is 23.1 Å². The Bertz CT molecular complexity index is 795. The summed E-state index contributed by atoms with van der Waals surface area (Å²) in [6.45, 7) is 1.54. The van der Waals surface area contributed by atoms with Crippen molar-refractivity contribution in [3.63, 3.8) is 0 Å². The summed E-state index contributed by atoms with van der Waals surface area (Å²) in [5.41, 5.74) is 0.164. The Morgan fingerprint density at radius 3 is 2.74 bits per heavy atom. The number of hydrogen-bond donors (Lipinski definition) is 0. The molecule has 4 nitrogen and oxygen atoms in total. The van der Waals surface area contributed by atoms with Crippen LogP contribution in [0.15, 0.2) is 39.5 Å². The summed E-state index contributed by atoms with van der Waals surface area (Å²) in [5, 5.41) is 0.794. The van der Waals surface area contributed by atoms with E-state index in [0.29, 0.717) is 11.5 Å². The minimum absolute atomic E-state index is 0.165. The molecule has 2 aromatic rings. The number of benzene rings is 1. The van der Waals surface area contributed by atoms with Gasteiger partial charge >= 0.3 is 5.63 Å². The zero-order valence-electron chi connectivity index (χ0n) is 13.2. The van der Waals surface area contributed by atoms with Crippen LogP contribution in [0.25, 0.3) is 11.0 Å². The molecule has 4 heteroatoms. The Hall–Kier alpha value is -2.10. The molecule has 1 aliphatic carbocycles. The lowest BCUT2D eigenvalue weighted by Crippen LogP contribution is -2.45. The molecule has 0 radical (unpaired) electrons. The van der Waals surface area contributed by atoms with Crippen LogP contribution in [0.1, 0.15) is 42.5 Å². The van der Waals surface area contributed by atoms with Gasteiger partial charge in [0.2, 0.25) is 0 Å². The lowest BCUT2D eigenvalue weighted by Gasteiger charge is -2.41. The second-order valence-corrected chi connectivity index (χ2v) is 6.83. The van der Waals surface area contributed by atoms with Crippen molar-refractivity contribution in [3.05, 3.63) is 46.3 Å². The highest BCUT2D eigenvalue weighted by atomic mass is 16.4. The van der Waals surface area contributed by atoms with Crippen molar-refractivity contribution in [1.29, 1.82) is 0 Å². The highest BCUT2D eigenvalue weighted by Crippen LogP contribution is 2.36. The monoisotopic (exact) mass is 311 g/mol. The number of nitrogens with zero attached hydrogens (tertiary/aromatic N) is 1. The normalized spacial score (nSPS) is 24.4. The molecule has 4 rings (SSSR count). The van der Waals surface area contributed by atoms with Gasteiger partial charge in [-0.25, -0.2) is 4.79 Å². The third-order valence-electron chi connectivity index (χ3n) is 5.45. The summed E-state index contributed by atoms with van der Waals surface area (Å²) in [7, 11) is 0. The van der Waals surface area contributed by atoms with E-state index in [2.05, 4.69) is 0 Å². The Morgan fingerprint density at radius 2 is 1.87 bits per heavy atom. The first-order chi connectivity index (χ1) is 11.2. The van der Waals surface area contributed by atoms with Gasteiger partial charge in [-0.15, -0.1) is 0 Å². The lowest BCUT2D eigenvalue weighted by molar-refractivity contribution is 0.0517. The number of amides is 1. The second-order valence-electron chi connectivity index (χ2n) is 6.83. The zero-order chi connectivity index (χ0) is 15.8. The third-order valence-corrected chi connectivity index (χ3v) is 5.45. The molecule has 1 saturated heterocycles. The van der Waals surface area contributed by atoms with Gasteiger partial charge in [0.1, 0.15) is 11.1 Å². The van der Waals surface area contributed by atoms with Crippen LogP contribution in [-0.2, 0) is 0 Å². The van der Waals surface area contributed by atoms with E-state index in [4.69, 9.17) is 4.42 Å². The fourth-order valence-electron chi connectivity index (χ4n) is 4.17. The van der Waals surface area contributed by atoms with E-state index in [-0.39, 0.29) is 11.5 Å². The Morgan fingerprint density at radius 1 is 1.09 bits per heavy atom. The number of para-hydroxylation sites is 1. The predicted octanol–water partition coefficient (Wildman–Crippen LogP) is 3.45. The summed E-state index contributed by atoms with van der Waals surface area (Å²) in [6.07, 6.45) is 6.16. The predicted molar refractivity (Wildman–Crippen MR) is 88.5 cm³/mol. The SMILES string of the molecule is O=C(c1cc2ccccc2oc1=O)N1CC[C@@H]2CCCC[C@@H]2C1. The molecule has 1 saturated carbocycles. The van der Waals surface area contributed by atoms with Crippen LogP contribution in [-0.4, -0.2) is 23.9 Å². The van der Waals surface area contributed by atoms with Crippen LogP contribution in [0, 0.1) is 11.8 Å². The van der Waals surface area contributed by atoms with Gasteiger partial charge in [0, 0.05) is 18.5 Å².